The lowest BCUT2D eigenvalue weighted by molar-refractivity contribution is -0.0903. The summed E-state index contributed by atoms with van der Waals surface area (Å²) >= 11 is 0. The van der Waals surface area contributed by atoms with Gasteiger partial charge in [0, 0.05) is 7.05 Å². The van der Waals surface area contributed by atoms with Crippen molar-refractivity contribution >= 4 is 6.09 Å². The van der Waals surface area contributed by atoms with Gasteiger partial charge in [-0.15, -0.1) is 0 Å². The molecule has 0 N–H and O–H groups in total. The Balaban J connectivity index is 3.42. The van der Waals surface area contributed by atoms with Crippen molar-refractivity contribution in [3.63, 3.8) is 0 Å². The summed E-state index contributed by atoms with van der Waals surface area (Å²) in [5.41, 5.74) is 0. The Morgan fingerprint density at radius 1 is 1.60 bits per heavy atom. The summed E-state index contributed by atoms with van der Waals surface area (Å²) in [4.78, 5) is 15.3. The van der Waals surface area contributed by atoms with Gasteiger partial charge >= 0.3 is 6.09 Å². The molecule has 0 spiro atoms. The first kappa shape index (κ1) is 9.23. The van der Waals surface area contributed by atoms with Gasteiger partial charge in [-0.1, -0.05) is 6.92 Å². The summed E-state index contributed by atoms with van der Waals surface area (Å²) in [5.74, 6) is 0. The highest BCUT2D eigenvalue weighted by Gasteiger charge is 2.06. The molecule has 0 rings (SSSR count). The summed E-state index contributed by atoms with van der Waals surface area (Å²) in [6.45, 7) is 2.37. The van der Waals surface area contributed by atoms with Gasteiger partial charge in [-0.3, -0.25) is 4.84 Å². The lowest BCUT2D eigenvalue weighted by Crippen LogP contribution is -2.26. The zero-order chi connectivity index (χ0) is 7.98. The van der Waals surface area contributed by atoms with E-state index in [-0.39, 0.29) is 0 Å². The zero-order valence-electron chi connectivity index (χ0n) is 6.59. The van der Waals surface area contributed by atoms with E-state index in [1.165, 1.54) is 14.2 Å². The second kappa shape index (κ2) is 5.05. The normalized spacial score (nSPS) is 9.10. The van der Waals surface area contributed by atoms with E-state index in [0.29, 0.717) is 6.61 Å². The van der Waals surface area contributed by atoms with E-state index < -0.39 is 6.09 Å². The van der Waals surface area contributed by atoms with Gasteiger partial charge in [0.25, 0.3) is 0 Å². The first-order chi connectivity index (χ1) is 4.72. The molecule has 0 bridgehead atoms. The number of ether oxygens (including phenoxy) is 1. The average Bonchev–Trinajstić information content (AvgIpc) is 1.98. The van der Waals surface area contributed by atoms with Crippen LogP contribution in [0.4, 0.5) is 4.79 Å². The number of carbonyl (C=O) groups excluding carboxylic acids is 1. The fraction of sp³-hybridized carbons (Fsp3) is 0.833. The standard InChI is InChI=1S/C6H13NO3/c1-4-5-10-6(8)7(2)9-3/h4-5H2,1-3H3. The molecule has 60 valence electrons. The maximum absolute atomic E-state index is 10.7. The van der Waals surface area contributed by atoms with Crippen molar-refractivity contribution in [1.29, 1.82) is 0 Å². The van der Waals surface area contributed by atoms with Gasteiger partial charge in [0.1, 0.15) is 0 Å². The molecule has 0 aliphatic rings. The summed E-state index contributed by atoms with van der Waals surface area (Å²) in [7, 11) is 2.91. The molecule has 0 aliphatic heterocycles. The van der Waals surface area contributed by atoms with Crippen molar-refractivity contribution in [3.05, 3.63) is 0 Å². The third-order valence-corrected chi connectivity index (χ3v) is 0.961. The van der Waals surface area contributed by atoms with Crippen molar-refractivity contribution < 1.29 is 14.4 Å². The monoisotopic (exact) mass is 147 g/mol. The Bertz CT molecular complexity index is 105. The highest BCUT2D eigenvalue weighted by Crippen LogP contribution is 1.90. The smallest absolute Gasteiger partial charge is 0.433 e. The fourth-order valence-corrected chi connectivity index (χ4v) is 0.355. The lowest BCUT2D eigenvalue weighted by atomic mass is 10.5. The first-order valence-corrected chi connectivity index (χ1v) is 3.17. The molecular formula is C6H13NO3. The minimum absolute atomic E-state index is 0.437. The van der Waals surface area contributed by atoms with E-state index in [9.17, 15) is 4.79 Å². The Kier molecular flexibility index (Phi) is 4.66. The molecule has 4 nitrogen and oxygen atoms in total. The van der Waals surface area contributed by atoms with Gasteiger partial charge in [0.05, 0.1) is 13.7 Å². The molecule has 0 atom stereocenters. The molecule has 0 aromatic rings. The quantitative estimate of drug-likeness (QED) is 0.559. The van der Waals surface area contributed by atoms with Crippen LogP contribution in [0, 0.1) is 0 Å². The van der Waals surface area contributed by atoms with E-state index in [0.717, 1.165) is 11.5 Å². The van der Waals surface area contributed by atoms with Crippen LogP contribution in [0.5, 0.6) is 0 Å². The topological polar surface area (TPSA) is 38.8 Å². The molecule has 0 heterocycles. The van der Waals surface area contributed by atoms with Crippen molar-refractivity contribution in [1.82, 2.24) is 5.06 Å². The van der Waals surface area contributed by atoms with Gasteiger partial charge in [-0.05, 0) is 6.42 Å². The molecule has 1 amide bonds. The van der Waals surface area contributed by atoms with E-state index >= 15 is 0 Å². The Morgan fingerprint density at radius 3 is 2.60 bits per heavy atom. The fourth-order valence-electron chi connectivity index (χ4n) is 0.355. The number of hydroxylamine groups is 2. The van der Waals surface area contributed by atoms with E-state index in [1.807, 2.05) is 6.92 Å². The van der Waals surface area contributed by atoms with Crippen molar-refractivity contribution in [2.24, 2.45) is 0 Å². The molecule has 0 aliphatic carbocycles. The third kappa shape index (κ3) is 3.29. The van der Waals surface area contributed by atoms with Crippen molar-refractivity contribution in [3.8, 4) is 0 Å². The van der Waals surface area contributed by atoms with Gasteiger partial charge in [0.2, 0.25) is 0 Å². The van der Waals surface area contributed by atoms with Crippen LogP contribution in [0.1, 0.15) is 13.3 Å². The van der Waals surface area contributed by atoms with E-state index in [4.69, 9.17) is 4.74 Å². The number of hydrogen-bond donors (Lipinski definition) is 0. The van der Waals surface area contributed by atoms with E-state index in [2.05, 4.69) is 4.84 Å². The maximum Gasteiger partial charge on any atom is 0.433 e. The van der Waals surface area contributed by atoms with Crippen molar-refractivity contribution in [2.45, 2.75) is 13.3 Å². The molecule has 0 aromatic carbocycles. The molecule has 0 fully saturated rings. The van der Waals surface area contributed by atoms with Crippen LogP contribution in [-0.4, -0.2) is 31.9 Å². The van der Waals surface area contributed by atoms with Crippen LogP contribution >= 0.6 is 0 Å². The predicted molar refractivity (Wildman–Crippen MR) is 36.4 cm³/mol. The summed E-state index contributed by atoms with van der Waals surface area (Å²) in [6.07, 6.45) is 0.368. The Labute approximate surface area is 60.7 Å². The Morgan fingerprint density at radius 2 is 2.20 bits per heavy atom. The zero-order valence-corrected chi connectivity index (χ0v) is 6.59. The molecular weight excluding hydrogens is 134 g/mol. The highest BCUT2D eigenvalue weighted by molar-refractivity contribution is 5.65. The molecule has 0 saturated carbocycles. The SMILES string of the molecule is CCCOC(=O)N(C)OC. The van der Waals surface area contributed by atoms with Crippen LogP contribution in [0.2, 0.25) is 0 Å². The molecule has 4 heteroatoms. The van der Waals surface area contributed by atoms with Gasteiger partial charge in [-0.2, -0.15) is 5.06 Å². The number of carbonyl (C=O) groups is 1. The van der Waals surface area contributed by atoms with Crippen LogP contribution in [0.15, 0.2) is 0 Å². The van der Waals surface area contributed by atoms with Crippen LogP contribution in [-0.2, 0) is 9.57 Å². The first-order valence-electron chi connectivity index (χ1n) is 3.17. The highest BCUT2D eigenvalue weighted by atomic mass is 16.7. The second-order valence-electron chi connectivity index (χ2n) is 1.79. The predicted octanol–water partition coefficient (Wildman–Crippen LogP) is 1.03. The van der Waals surface area contributed by atoms with Crippen molar-refractivity contribution in [2.75, 3.05) is 20.8 Å². The maximum atomic E-state index is 10.7. The average molecular weight is 147 g/mol. The van der Waals surface area contributed by atoms with Crippen LogP contribution < -0.4 is 0 Å². The Hall–Kier alpha value is -0.770. The van der Waals surface area contributed by atoms with E-state index in [1.54, 1.807) is 0 Å². The summed E-state index contributed by atoms with van der Waals surface area (Å²) in [5, 5.41) is 1.04. The van der Waals surface area contributed by atoms with Crippen LogP contribution in [0.3, 0.4) is 0 Å². The summed E-state index contributed by atoms with van der Waals surface area (Å²) < 4.78 is 4.71. The van der Waals surface area contributed by atoms with Crippen LogP contribution in [0.25, 0.3) is 0 Å². The molecule has 0 unspecified atom stereocenters. The molecule has 0 radical (unpaired) electrons. The third-order valence-electron chi connectivity index (χ3n) is 0.961. The minimum atomic E-state index is -0.454. The second-order valence-corrected chi connectivity index (χ2v) is 1.79. The van der Waals surface area contributed by atoms with Gasteiger partial charge < -0.3 is 4.74 Å². The number of nitrogens with zero attached hydrogens (tertiary/aromatic N) is 1. The lowest BCUT2D eigenvalue weighted by Gasteiger charge is -2.12. The molecule has 0 aromatic heterocycles. The van der Waals surface area contributed by atoms with Gasteiger partial charge in [0.15, 0.2) is 0 Å². The number of amides is 1. The number of hydrogen-bond acceptors (Lipinski definition) is 3. The molecule has 0 saturated heterocycles. The largest absolute Gasteiger partial charge is 0.448 e. The number of rotatable bonds is 3. The molecule has 10 heavy (non-hydrogen) atoms. The summed E-state index contributed by atoms with van der Waals surface area (Å²) in [6, 6.07) is 0. The minimum Gasteiger partial charge on any atom is -0.448 e. The van der Waals surface area contributed by atoms with Gasteiger partial charge in [-0.25, -0.2) is 4.79 Å².